The quantitative estimate of drug-likeness (QED) is 0.644. The molecule has 1 unspecified atom stereocenters. The Hall–Kier alpha value is -0.820. The molecule has 0 amide bonds. The lowest BCUT2D eigenvalue weighted by Gasteiger charge is -2.22. The standard InChI is InChI=1S/C12H18O/c1-2-9-12(13)10-7-5-3-4-6-8-11-12/h2-3,5,7,10,13H,1,4,6,8-9,11H2/b5-3-,10-7-. The molecule has 0 saturated heterocycles. The van der Waals surface area contributed by atoms with Gasteiger partial charge in [0.05, 0.1) is 5.60 Å². The summed E-state index contributed by atoms with van der Waals surface area (Å²) in [5, 5.41) is 10.1. The molecule has 0 spiro atoms. The first-order chi connectivity index (χ1) is 6.27. The van der Waals surface area contributed by atoms with Gasteiger partial charge in [0.25, 0.3) is 0 Å². The van der Waals surface area contributed by atoms with Crippen LogP contribution in [0.15, 0.2) is 37.0 Å². The zero-order valence-corrected chi connectivity index (χ0v) is 8.08. The van der Waals surface area contributed by atoms with Crippen LogP contribution >= 0.6 is 0 Å². The van der Waals surface area contributed by atoms with Crippen LogP contribution in [-0.4, -0.2) is 10.7 Å². The van der Waals surface area contributed by atoms with Gasteiger partial charge in [-0.2, -0.15) is 0 Å². The molecule has 0 bridgehead atoms. The van der Waals surface area contributed by atoms with E-state index in [9.17, 15) is 5.11 Å². The number of allylic oxidation sites excluding steroid dienone is 3. The van der Waals surface area contributed by atoms with E-state index < -0.39 is 5.60 Å². The van der Waals surface area contributed by atoms with E-state index in [1.807, 2.05) is 18.2 Å². The van der Waals surface area contributed by atoms with Crippen molar-refractivity contribution in [2.45, 2.75) is 37.7 Å². The van der Waals surface area contributed by atoms with Gasteiger partial charge in [-0.3, -0.25) is 0 Å². The highest BCUT2D eigenvalue weighted by molar-refractivity contribution is 5.12. The van der Waals surface area contributed by atoms with Crippen molar-refractivity contribution in [1.29, 1.82) is 0 Å². The second-order valence-corrected chi connectivity index (χ2v) is 3.63. The molecule has 0 heterocycles. The van der Waals surface area contributed by atoms with Gasteiger partial charge >= 0.3 is 0 Å². The molecule has 13 heavy (non-hydrogen) atoms. The summed E-state index contributed by atoms with van der Waals surface area (Å²) in [5.74, 6) is 0. The molecule has 0 aromatic carbocycles. The molecule has 1 heteroatoms. The third-order valence-electron chi connectivity index (χ3n) is 2.38. The van der Waals surface area contributed by atoms with E-state index in [-0.39, 0.29) is 0 Å². The summed E-state index contributed by atoms with van der Waals surface area (Å²) in [6.07, 6.45) is 14.6. The molecule has 0 fully saturated rings. The SMILES string of the molecule is C=CCC1(O)/C=C\C=C/CCCC1. The zero-order valence-electron chi connectivity index (χ0n) is 8.08. The second kappa shape index (κ2) is 5.03. The molecule has 1 N–H and O–H groups in total. The van der Waals surface area contributed by atoms with E-state index >= 15 is 0 Å². The van der Waals surface area contributed by atoms with Gasteiger partial charge in [-0.1, -0.05) is 30.4 Å². The lowest BCUT2D eigenvalue weighted by atomic mass is 9.92. The normalized spacial score (nSPS) is 33.9. The van der Waals surface area contributed by atoms with Crippen molar-refractivity contribution in [3.63, 3.8) is 0 Å². The third-order valence-corrected chi connectivity index (χ3v) is 2.38. The highest BCUT2D eigenvalue weighted by atomic mass is 16.3. The molecule has 0 aliphatic heterocycles. The van der Waals surface area contributed by atoms with E-state index in [0.717, 1.165) is 25.7 Å². The largest absolute Gasteiger partial charge is 0.385 e. The first kappa shape index (κ1) is 10.3. The van der Waals surface area contributed by atoms with Crippen LogP contribution in [0.25, 0.3) is 0 Å². The smallest absolute Gasteiger partial charge is 0.0864 e. The Kier molecular flexibility index (Phi) is 3.97. The van der Waals surface area contributed by atoms with Crippen LogP contribution in [0.3, 0.4) is 0 Å². The van der Waals surface area contributed by atoms with Crippen molar-refractivity contribution < 1.29 is 5.11 Å². The summed E-state index contributed by atoms with van der Waals surface area (Å²) in [4.78, 5) is 0. The molecular weight excluding hydrogens is 160 g/mol. The first-order valence-corrected chi connectivity index (χ1v) is 4.94. The maximum absolute atomic E-state index is 10.1. The molecule has 0 radical (unpaired) electrons. The average Bonchev–Trinajstić information content (AvgIpc) is 2.18. The van der Waals surface area contributed by atoms with E-state index in [2.05, 4.69) is 12.7 Å². The topological polar surface area (TPSA) is 20.2 Å². The Morgan fingerprint density at radius 1 is 1.38 bits per heavy atom. The van der Waals surface area contributed by atoms with Gasteiger partial charge in [0.2, 0.25) is 0 Å². The highest BCUT2D eigenvalue weighted by Crippen LogP contribution is 2.22. The van der Waals surface area contributed by atoms with Gasteiger partial charge in [-0.15, -0.1) is 6.58 Å². The first-order valence-electron chi connectivity index (χ1n) is 4.94. The van der Waals surface area contributed by atoms with Gasteiger partial charge in [0, 0.05) is 0 Å². The molecule has 1 atom stereocenters. The molecular formula is C12H18O. The van der Waals surface area contributed by atoms with Crippen molar-refractivity contribution in [3.8, 4) is 0 Å². The molecule has 0 aromatic heterocycles. The fourth-order valence-electron chi connectivity index (χ4n) is 1.61. The Labute approximate surface area is 80.5 Å². The Morgan fingerprint density at radius 2 is 2.23 bits per heavy atom. The van der Waals surface area contributed by atoms with Crippen molar-refractivity contribution in [3.05, 3.63) is 37.0 Å². The summed E-state index contributed by atoms with van der Waals surface area (Å²) >= 11 is 0. The van der Waals surface area contributed by atoms with Crippen LogP contribution in [0.1, 0.15) is 32.1 Å². The van der Waals surface area contributed by atoms with E-state index in [1.165, 1.54) is 0 Å². The molecule has 72 valence electrons. The highest BCUT2D eigenvalue weighted by Gasteiger charge is 2.20. The molecule has 1 aliphatic rings. The van der Waals surface area contributed by atoms with Gasteiger partial charge in [-0.25, -0.2) is 0 Å². The monoisotopic (exact) mass is 178 g/mol. The Balaban J connectivity index is 2.64. The Morgan fingerprint density at radius 3 is 3.00 bits per heavy atom. The van der Waals surface area contributed by atoms with Gasteiger partial charge < -0.3 is 5.11 Å². The van der Waals surface area contributed by atoms with E-state index in [4.69, 9.17) is 0 Å². The minimum Gasteiger partial charge on any atom is -0.385 e. The van der Waals surface area contributed by atoms with E-state index in [1.54, 1.807) is 6.08 Å². The summed E-state index contributed by atoms with van der Waals surface area (Å²) in [5.41, 5.74) is -0.656. The van der Waals surface area contributed by atoms with Crippen LogP contribution < -0.4 is 0 Å². The number of hydrogen-bond donors (Lipinski definition) is 1. The predicted molar refractivity (Wildman–Crippen MR) is 56.5 cm³/mol. The summed E-state index contributed by atoms with van der Waals surface area (Å²) in [7, 11) is 0. The van der Waals surface area contributed by atoms with Crippen LogP contribution in [0.4, 0.5) is 0 Å². The second-order valence-electron chi connectivity index (χ2n) is 3.63. The third kappa shape index (κ3) is 3.60. The predicted octanol–water partition coefficient (Wildman–Crippen LogP) is 2.98. The zero-order chi connectivity index (χ0) is 9.57. The number of aliphatic hydroxyl groups is 1. The molecule has 1 aliphatic carbocycles. The summed E-state index contributed by atoms with van der Waals surface area (Å²) in [6, 6.07) is 0. The van der Waals surface area contributed by atoms with Gasteiger partial charge in [0.15, 0.2) is 0 Å². The van der Waals surface area contributed by atoms with Crippen LogP contribution in [-0.2, 0) is 0 Å². The summed E-state index contributed by atoms with van der Waals surface area (Å²) in [6.45, 7) is 3.67. The van der Waals surface area contributed by atoms with Crippen molar-refractivity contribution >= 4 is 0 Å². The lowest BCUT2D eigenvalue weighted by molar-refractivity contribution is 0.0820. The minimum atomic E-state index is -0.656. The average molecular weight is 178 g/mol. The fraction of sp³-hybridized carbons (Fsp3) is 0.500. The van der Waals surface area contributed by atoms with E-state index in [0.29, 0.717) is 6.42 Å². The summed E-state index contributed by atoms with van der Waals surface area (Å²) < 4.78 is 0. The van der Waals surface area contributed by atoms with Crippen LogP contribution in [0, 0.1) is 0 Å². The number of hydrogen-bond acceptors (Lipinski definition) is 1. The van der Waals surface area contributed by atoms with Crippen molar-refractivity contribution in [2.75, 3.05) is 0 Å². The fourth-order valence-corrected chi connectivity index (χ4v) is 1.61. The van der Waals surface area contributed by atoms with Gasteiger partial charge in [0.1, 0.15) is 0 Å². The maximum Gasteiger partial charge on any atom is 0.0864 e. The van der Waals surface area contributed by atoms with Crippen molar-refractivity contribution in [2.24, 2.45) is 0 Å². The van der Waals surface area contributed by atoms with Crippen LogP contribution in [0.5, 0.6) is 0 Å². The van der Waals surface area contributed by atoms with Crippen molar-refractivity contribution in [1.82, 2.24) is 0 Å². The molecule has 0 aromatic rings. The number of rotatable bonds is 2. The Bertz CT molecular complexity index is 215. The lowest BCUT2D eigenvalue weighted by Crippen LogP contribution is -2.24. The molecule has 0 saturated carbocycles. The van der Waals surface area contributed by atoms with Crippen LogP contribution in [0.2, 0.25) is 0 Å². The maximum atomic E-state index is 10.1. The van der Waals surface area contributed by atoms with Gasteiger partial charge in [-0.05, 0) is 32.1 Å². The molecule has 1 rings (SSSR count). The molecule has 1 nitrogen and oxygen atoms in total. The minimum absolute atomic E-state index is 0.650.